The van der Waals surface area contributed by atoms with Crippen LogP contribution in [0.5, 0.6) is 0 Å². The Hall–Kier alpha value is -2.80. The summed E-state index contributed by atoms with van der Waals surface area (Å²) in [5.41, 5.74) is 0. The third-order valence-electron chi connectivity index (χ3n) is 3.89. The van der Waals surface area contributed by atoms with E-state index in [1.54, 1.807) is 0 Å². The number of benzene rings is 4. The standard InChI is InChI=1S/C16H10.C4H5N/c1-3-11-7-9-13-5-2-6-14-10-8-12(4-1)15(11)16(13)14;1-2-4-5-3-1/h1-10H;1-5H. The molecule has 1 heteroatoms. The van der Waals surface area contributed by atoms with Gasteiger partial charge in [0.1, 0.15) is 0 Å². The van der Waals surface area contributed by atoms with Gasteiger partial charge in [0, 0.05) is 12.4 Å². The molecule has 0 saturated heterocycles. The predicted octanol–water partition coefficient (Wildman–Crippen LogP) is 5.60. The summed E-state index contributed by atoms with van der Waals surface area (Å²) in [4.78, 5) is 2.86. The second-order valence-electron chi connectivity index (χ2n) is 5.17. The highest BCUT2D eigenvalue weighted by atomic mass is 14.6. The van der Waals surface area contributed by atoms with Gasteiger partial charge in [-0.1, -0.05) is 60.7 Å². The summed E-state index contributed by atoms with van der Waals surface area (Å²) in [5, 5.41) is 8.14. The molecule has 0 saturated carbocycles. The fourth-order valence-corrected chi connectivity index (χ4v) is 2.95. The number of nitrogens with one attached hydrogen (secondary N) is 1. The van der Waals surface area contributed by atoms with Gasteiger partial charge < -0.3 is 4.98 Å². The lowest BCUT2D eigenvalue weighted by molar-refractivity contribution is 1.42. The minimum absolute atomic E-state index is 1.34. The van der Waals surface area contributed by atoms with E-state index in [-0.39, 0.29) is 0 Å². The Kier molecular flexibility index (Phi) is 2.82. The van der Waals surface area contributed by atoms with Gasteiger partial charge in [-0.05, 0) is 44.5 Å². The summed E-state index contributed by atoms with van der Waals surface area (Å²) in [6, 6.07) is 25.7. The Balaban J connectivity index is 0.000000197. The van der Waals surface area contributed by atoms with Crippen molar-refractivity contribution in [3.8, 4) is 0 Å². The van der Waals surface area contributed by atoms with Gasteiger partial charge in [-0.15, -0.1) is 0 Å². The van der Waals surface area contributed by atoms with E-state index in [4.69, 9.17) is 0 Å². The first kappa shape index (κ1) is 12.0. The van der Waals surface area contributed by atoms with E-state index in [1.807, 2.05) is 24.5 Å². The first-order valence-electron chi connectivity index (χ1n) is 7.14. The monoisotopic (exact) mass is 269 g/mol. The lowest BCUT2D eigenvalue weighted by atomic mass is 9.95. The van der Waals surface area contributed by atoms with Crippen molar-refractivity contribution in [3.05, 3.63) is 85.2 Å². The van der Waals surface area contributed by atoms with Crippen molar-refractivity contribution in [1.29, 1.82) is 0 Å². The molecule has 1 N–H and O–H groups in total. The van der Waals surface area contributed by atoms with E-state index >= 15 is 0 Å². The molecule has 5 aromatic rings. The van der Waals surface area contributed by atoms with Crippen molar-refractivity contribution in [1.82, 2.24) is 4.98 Å². The van der Waals surface area contributed by atoms with Crippen LogP contribution < -0.4 is 0 Å². The van der Waals surface area contributed by atoms with Crippen LogP contribution in [0.4, 0.5) is 0 Å². The molecule has 0 unspecified atom stereocenters. The fraction of sp³-hybridized carbons (Fsp3) is 0. The largest absolute Gasteiger partial charge is 0.368 e. The number of H-pyrrole nitrogens is 1. The van der Waals surface area contributed by atoms with E-state index < -0.39 is 0 Å². The number of hydrogen-bond acceptors (Lipinski definition) is 0. The fourth-order valence-electron chi connectivity index (χ4n) is 2.95. The van der Waals surface area contributed by atoms with Crippen LogP contribution in [0.15, 0.2) is 85.2 Å². The van der Waals surface area contributed by atoms with E-state index in [1.165, 1.54) is 32.3 Å². The van der Waals surface area contributed by atoms with Crippen molar-refractivity contribution >= 4 is 32.3 Å². The van der Waals surface area contributed by atoms with Gasteiger partial charge in [-0.25, -0.2) is 0 Å². The maximum absolute atomic E-state index is 2.86. The molecule has 5 rings (SSSR count). The number of rotatable bonds is 0. The molecule has 0 aliphatic rings. The maximum atomic E-state index is 2.86. The Morgan fingerprint density at radius 2 is 0.810 bits per heavy atom. The molecule has 0 spiro atoms. The van der Waals surface area contributed by atoms with Gasteiger partial charge in [0.25, 0.3) is 0 Å². The van der Waals surface area contributed by atoms with Gasteiger partial charge in [-0.2, -0.15) is 0 Å². The van der Waals surface area contributed by atoms with Crippen LogP contribution in [-0.4, -0.2) is 4.98 Å². The summed E-state index contributed by atoms with van der Waals surface area (Å²) in [5.74, 6) is 0. The van der Waals surface area contributed by atoms with Crippen LogP contribution in [0.1, 0.15) is 0 Å². The first-order valence-corrected chi connectivity index (χ1v) is 7.14. The third kappa shape index (κ3) is 2.03. The molecule has 1 nitrogen and oxygen atoms in total. The smallest absolute Gasteiger partial charge is 0.000496 e. The predicted molar refractivity (Wildman–Crippen MR) is 90.9 cm³/mol. The average molecular weight is 269 g/mol. The molecule has 0 radical (unpaired) electrons. The van der Waals surface area contributed by atoms with Crippen LogP contribution >= 0.6 is 0 Å². The van der Waals surface area contributed by atoms with Crippen molar-refractivity contribution in [3.63, 3.8) is 0 Å². The molecule has 0 fully saturated rings. The van der Waals surface area contributed by atoms with Gasteiger partial charge in [0.05, 0.1) is 0 Å². The zero-order valence-corrected chi connectivity index (χ0v) is 11.6. The zero-order chi connectivity index (χ0) is 14.1. The molecule has 0 aliphatic carbocycles. The van der Waals surface area contributed by atoms with Gasteiger partial charge >= 0.3 is 0 Å². The van der Waals surface area contributed by atoms with Crippen LogP contribution in [0.2, 0.25) is 0 Å². The van der Waals surface area contributed by atoms with Crippen molar-refractivity contribution in [2.24, 2.45) is 0 Å². The lowest BCUT2D eigenvalue weighted by Gasteiger charge is -2.09. The summed E-state index contributed by atoms with van der Waals surface area (Å²) in [6.07, 6.45) is 3.75. The van der Waals surface area contributed by atoms with Gasteiger partial charge in [-0.3, -0.25) is 0 Å². The topological polar surface area (TPSA) is 15.8 Å². The Labute approximate surface area is 123 Å². The van der Waals surface area contributed by atoms with Crippen molar-refractivity contribution in [2.75, 3.05) is 0 Å². The number of hydrogen-bond donors (Lipinski definition) is 1. The quantitative estimate of drug-likeness (QED) is 0.352. The highest BCUT2D eigenvalue weighted by Gasteiger charge is 2.05. The van der Waals surface area contributed by atoms with E-state index in [9.17, 15) is 0 Å². The zero-order valence-electron chi connectivity index (χ0n) is 11.6. The first-order chi connectivity index (χ1) is 10.4. The van der Waals surface area contributed by atoms with Gasteiger partial charge in [0.15, 0.2) is 0 Å². The Morgan fingerprint density at radius 1 is 0.429 bits per heavy atom. The average Bonchev–Trinajstić information content (AvgIpc) is 3.13. The van der Waals surface area contributed by atoms with Crippen molar-refractivity contribution in [2.45, 2.75) is 0 Å². The Morgan fingerprint density at radius 3 is 1.10 bits per heavy atom. The molecule has 0 aliphatic heterocycles. The minimum Gasteiger partial charge on any atom is -0.368 e. The molecule has 4 aromatic carbocycles. The van der Waals surface area contributed by atoms with Gasteiger partial charge in [0.2, 0.25) is 0 Å². The lowest BCUT2D eigenvalue weighted by Crippen LogP contribution is -1.82. The summed E-state index contributed by atoms with van der Waals surface area (Å²) >= 11 is 0. The summed E-state index contributed by atoms with van der Waals surface area (Å²) in [7, 11) is 0. The van der Waals surface area contributed by atoms with E-state index in [2.05, 4.69) is 65.6 Å². The SMILES string of the molecule is c1cc2ccc3cccc4ccc(c1)c2c34.c1cc[nH]c1. The molecule has 0 bridgehead atoms. The van der Waals surface area contributed by atoms with Crippen LogP contribution in [0.25, 0.3) is 32.3 Å². The molecule has 1 heterocycles. The van der Waals surface area contributed by atoms with Crippen molar-refractivity contribution < 1.29 is 0 Å². The highest BCUT2D eigenvalue weighted by molar-refractivity contribution is 6.22. The van der Waals surface area contributed by atoms with E-state index in [0.29, 0.717) is 0 Å². The molecule has 1 aromatic heterocycles. The maximum Gasteiger partial charge on any atom is 0.000496 e. The summed E-state index contributed by atoms with van der Waals surface area (Å²) in [6.45, 7) is 0. The minimum atomic E-state index is 1.34. The molecule has 21 heavy (non-hydrogen) atoms. The number of aromatic amines is 1. The third-order valence-corrected chi connectivity index (χ3v) is 3.89. The number of aromatic nitrogens is 1. The Bertz CT molecular complexity index is 834. The van der Waals surface area contributed by atoms with E-state index in [0.717, 1.165) is 0 Å². The second-order valence-corrected chi connectivity index (χ2v) is 5.17. The normalized spacial score (nSPS) is 10.9. The highest BCUT2D eigenvalue weighted by Crippen LogP contribution is 2.33. The van der Waals surface area contributed by atoms with Crippen LogP contribution in [0.3, 0.4) is 0 Å². The molecule has 0 amide bonds. The van der Waals surface area contributed by atoms with Crippen LogP contribution in [-0.2, 0) is 0 Å². The molecule has 100 valence electrons. The van der Waals surface area contributed by atoms with Crippen LogP contribution in [0, 0.1) is 0 Å². The summed E-state index contributed by atoms with van der Waals surface area (Å²) < 4.78 is 0. The molecular formula is C20H15N. The second kappa shape index (κ2) is 4.95. The molecular weight excluding hydrogens is 254 g/mol. The molecule has 0 atom stereocenters.